The first-order chi connectivity index (χ1) is 11.0. The van der Waals surface area contributed by atoms with E-state index >= 15 is 0 Å². The first-order valence-electron chi connectivity index (χ1n) is 7.54. The Labute approximate surface area is 138 Å². The quantitative estimate of drug-likeness (QED) is 0.929. The summed E-state index contributed by atoms with van der Waals surface area (Å²) < 4.78 is 1.63. The van der Waals surface area contributed by atoms with Gasteiger partial charge in [0.25, 0.3) is 5.91 Å². The van der Waals surface area contributed by atoms with Crippen molar-refractivity contribution in [3.8, 4) is 0 Å². The third kappa shape index (κ3) is 3.58. The molecule has 1 saturated heterocycles. The van der Waals surface area contributed by atoms with Gasteiger partial charge in [-0.15, -0.1) is 11.3 Å². The van der Waals surface area contributed by atoms with Crippen molar-refractivity contribution in [3.63, 3.8) is 0 Å². The minimum atomic E-state index is -0.122. The van der Waals surface area contributed by atoms with Gasteiger partial charge >= 0.3 is 0 Å². The van der Waals surface area contributed by atoms with E-state index in [0.717, 1.165) is 25.1 Å². The summed E-state index contributed by atoms with van der Waals surface area (Å²) >= 11 is 1.42. The van der Waals surface area contributed by atoms with Gasteiger partial charge in [-0.3, -0.25) is 14.3 Å². The van der Waals surface area contributed by atoms with Crippen LogP contribution in [0.4, 0.5) is 5.13 Å². The zero-order valence-electron chi connectivity index (χ0n) is 13.2. The van der Waals surface area contributed by atoms with Crippen LogP contribution in [0.3, 0.4) is 0 Å². The Morgan fingerprint density at radius 1 is 1.43 bits per heavy atom. The fourth-order valence-electron chi connectivity index (χ4n) is 2.80. The summed E-state index contributed by atoms with van der Waals surface area (Å²) in [5.74, 6) is 0.103. The van der Waals surface area contributed by atoms with E-state index in [9.17, 15) is 9.59 Å². The van der Waals surface area contributed by atoms with Crippen LogP contribution in [0.2, 0.25) is 0 Å². The van der Waals surface area contributed by atoms with Gasteiger partial charge in [0, 0.05) is 44.6 Å². The summed E-state index contributed by atoms with van der Waals surface area (Å²) in [6.45, 7) is 2.87. The van der Waals surface area contributed by atoms with E-state index in [2.05, 4.69) is 15.4 Å². The molecule has 2 aromatic rings. The molecule has 0 aromatic carbocycles. The fraction of sp³-hybridized carbons (Fsp3) is 0.467. The van der Waals surface area contributed by atoms with Gasteiger partial charge in [0.2, 0.25) is 5.91 Å². The second-order valence-electron chi connectivity index (χ2n) is 5.75. The number of piperidine rings is 1. The summed E-state index contributed by atoms with van der Waals surface area (Å²) in [5.41, 5.74) is 1.56. The lowest BCUT2D eigenvalue weighted by molar-refractivity contribution is -0.114. The molecule has 2 amide bonds. The molecule has 1 atom stereocenters. The predicted molar refractivity (Wildman–Crippen MR) is 87.5 cm³/mol. The molecular formula is C15H19N5O2S. The van der Waals surface area contributed by atoms with Crippen LogP contribution < -0.4 is 5.32 Å². The standard InChI is InChI=1S/C15H19N5O2S/c1-10(21)17-15-18-13(9-23-15)11-4-3-5-20(8-11)14(22)12-6-16-19(2)7-12/h6-7,9,11H,3-5,8H2,1-2H3,(H,17,18,21). The van der Waals surface area contributed by atoms with Crippen LogP contribution >= 0.6 is 11.3 Å². The Hall–Kier alpha value is -2.22. The summed E-state index contributed by atoms with van der Waals surface area (Å²) in [7, 11) is 1.80. The number of anilines is 1. The lowest BCUT2D eigenvalue weighted by Crippen LogP contribution is -2.39. The number of hydrogen-bond acceptors (Lipinski definition) is 5. The Bertz CT molecular complexity index is 723. The number of thiazole rings is 1. The Morgan fingerprint density at radius 3 is 2.96 bits per heavy atom. The minimum absolute atomic E-state index is 0.0140. The summed E-state index contributed by atoms with van der Waals surface area (Å²) in [6, 6.07) is 0. The number of carbonyl (C=O) groups is 2. The van der Waals surface area contributed by atoms with Gasteiger partial charge in [0.05, 0.1) is 17.5 Å². The number of nitrogens with one attached hydrogen (secondary N) is 1. The lowest BCUT2D eigenvalue weighted by Gasteiger charge is -2.31. The van der Waals surface area contributed by atoms with E-state index < -0.39 is 0 Å². The third-order valence-electron chi connectivity index (χ3n) is 3.88. The monoisotopic (exact) mass is 333 g/mol. The number of carbonyl (C=O) groups excluding carboxylic acids is 2. The average molecular weight is 333 g/mol. The van der Waals surface area contributed by atoms with Crippen LogP contribution in [0.1, 0.15) is 41.7 Å². The normalized spacial score (nSPS) is 18.0. The third-order valence-corrected chi connectivity index (χ3v) is 4.66. The highest BCUT2D eigenvalue weighted by atomic mass is 32.1. The van der Waals surface area contributed by atoms with Gasteiger partial charge in [-0.25, -0.2) is 4.98 Å². The Balaban J connectivity index is 1.69. The molecular weight excluding hydrogens is 314 g/mol. The van der Waals surface area contributed by atoms with Crippen molar-refractivity contribution in [2.45, 2.75) is 25.7 Å². The molecule has 0 bridgehead atoms. The number of aromatic nitrogens is 3. The molecule has 1 unspecified atom stereocenters. The number of nitrogens with zero attached hydrogens (tertiary/aromatic N) is 4. The summed E-state index contributed by atoms with van der Waals surface area (Å²) in [5, 5.41) is 9.34. The smallest absolute Gasteiger partial charge is 0.257 e. The maximum atomic E-state index is 12.5. The molecule has 0 saturated carbocycles. The van der Waals surface area contributed by atoms with E-state index in [0.29, 0.717) is 17.2 Å². The molecule has 8 heteroatoms. The summed E-state index contributed by atoms with van der Waals surface area (Å²) in [6.07, 6.45) is 5.29. The van der Waals surface area contributed by atoms with E-state index in [1.54, 1.807) is 24.1 Å². The molecule has 2 aromatic heterocycles. The van der Waals surface area contributed by atoms with E-state index in [1.807, 2.05) is 10.3 Å². The van der Waals surface area contributed by atoms with Crippen LogP contribution in [0, 0.1) is 0 Å². The second kappa shape index (κ2) is 6.49. The van der Waals surface area contributed by atoms with Crippen molar-refractivity contribution in [3.05, 3.63) is 29.0 Å². The van der Waals surface area contributed by atoms with Crippen LogP contribution in [0.5, 0.6) is 0 Å². The zero-order valence-corrected chi connectivity index (χ0v) is 14.0. The highest BCUT2D eigenvalue weighted by Crippen LogP contribution is 2.30. The molecule has 0 spiro atoms. The van der Waals surface area contributed by atoms with Crippen LogP contribution in [-0.2, 0) is 11.8 Å². The van der Waals surface area contributed by atoms with E-state index in [1.165, 1.54) is 18.3 Å². The van der Waals surface area contributed by atoms with E-state index in [4.69, 9.17) is 0 Å². The largest absolute Gasteiger partial charge is 0.338 e. The second-order valence-corrected chi connectivity index (χ2v) is 6.61. The first kappa shape index (κ1) is 15.7. The van der Waals surface area contributed by atoms with Gasteiger partial charge in [0.15, 0.2) is 5.13 Å². The average Bonchev–Trinajstić information content (AvgIpc) is 3.15. The SMILES string of the molecule is CC(=O)Nc1nc(C2CCCN(C(=O)c3cnn(C)c3)C2)cs1. The molecule has 3 heterocycles. The van der Waals surface area contributed by atoms with Crippen LogP contribution in [0.25, 0.3) is 0 Å². The van der Waals surface area contributed by atoms with Gasteiger partial charge in [0.1, 0.15) is 0 Å². The number of aryl methyl sites for hydroxylation is 1. The molecule has 0 radical (unpaired) electrons. The molecule has 1 N–H and O–H groups in total. The van der Waals surface area contributed by atoms with Crippen molar-refractivity contribution >= 4 is 28.3 Å². The molecule has 122 valence electrons. The summed E-state index contributed by atoms with van der Waals surface area (Å²) in [4.78, 5) is 30.0. The molecule has 1 aliphatic heterocycles. The minimum Gasteiger partial charge on any atom is -0.338 e. The highest BCUT2D eigenvalue weighted by molar-refractivity contribution is 7.13. The molecule has 1 aliphatic rings. The maximum absolute atomic E-state index is 12.5. The topological polar surface area (TPSA) is 80.1 Å². The predicted octanol–water partition coefficient (Wildman–Crippen LogP) is 1.85. The Kier molecular flexibility index (Phi) is 4.42. The first-order valence-corrected chi connectivity index (χ1v) is 8.42. The number of likely N-dealkylation sites (tertiary alicyclic amines) is 1. The van der Waals surface area contributed by atoms with Crippen molar-refractivity contribution in [2.24, 2.45) is 7.05 Å². The molecule has 7 nitrogen and oxygen atoms in total. The maximum Gasteiger partial charge on any atom is 0.257 e. The molecule has 1 fully saturated rings. The number of amides is 2. The van der Waals surface area contributed by atoms with Crippen LogP contribution in [0.15, 0.2) is 17.8 Å². The van der Waals surface area contributed by atoms with Gasteiger partial charge < -0.3 is 10.2 Å². The van der Waals surface area contributed by atoms with Crippen LogP contribution in [-0.4, -0.2) is 44.6 Å². The molecule has 3 rings (SSSR count). The fourth-order valence-corrected chi connectivity index (χ4v) is 3.64. The Morgan fingerprint density at radius 2 is 2.26 bits per heavy atom. The van der Waals surface area contributed by atoms with Crippen molar-refractivity contribution in [1.82, 2.24) is 19.7 Å². The van der Waals surface area contributed by atoms with E-state index in [-0.39, 0.29) is 17.7 Å². The molecule has 0 aliphatic carbocycles. The van der Waals surface area contributed by atoms with Crippen molar-refractivity contribution in [1.29, 1.82) is 0 Å². The number of hydrogen-bond donors (Lipinski definition) is 1. The zero-order chi connectivity index (χ0) is 16.4. The van der Waals surface area contributed by atoms with Crippen molar-refractivity contribution in [2.75, 3.05) is 18.4 Å². The van der Waals surface area contributed by atoms with Gasteiger partial charge in [-0.05, 0) is 12.8 Å². The van der Waals surface area contributed by atoms with Crippen molar-refractivity contribution < 1.29 is 9.59 Å². The van der Waals surface area contributed by atoms with Gasteiger partial charge in [-0.1, -0.05) is 0 Å². The molecule has 23 heavy (non-hydrogen) atoms. The lowest BCUT2D eigenvalue weighted by atomic mass is 9.95. The highest BCUT2D eigenvalue weighted by Gasteiger charge is 2.27. The number of rotatable bonds is 3. The van der Waals surface area contributed by atoms with Gasteiger partial charge in [-0.2, -0.15) is 5.10 Å².